The number of rotatable bonds is 5. The van der Waals surface area contributed by atoms with Crippen LogP contribution in [0.25, 0.3) is 16.8 Å². The van der Waals surface area contributed by atoms with Crippen molar-refractivity contribution in [3.63, 3.8) is 0 Å². The fourth-order valence-electron chi connectivity index (χ4n) is 2.75. The molecule has 4 heterocycles. The van der Waals surface area contributed by atoms with Gasteiger partial charge >= 0.3 is 6.18 Å². The van der Waals surface area contributed by atoms with E-state index in [4.69, 9.17) is 16.4 Å². The van der Waals surface area contributed by atoms with E-state index < -0.39 is 23.3 Å². The number of hydrogen-bond donors (Lipinski definition) is 2. The quantitative estimate of drug-likeness (QED) is 0.432. The number of imidazole rings is 1. The van der Waals surface area contributed by atoms with Gasteiger partial charge in [0.1, 0.15) is 11.8 Å². The van der Waals surface area contributed by atoms with Gasteiger partial charge in [-0.25, -0.2) is 10.5 Å². The predicted molar refractivity (Wildman–Crippen MR) is 102 cm³/mol. The number of hydrogen-bond acceptors (Lipinski definition) is 4. The molecule has 150 valence electrons. The van der Waals surface area contributed by atoms with Crippen LogP contribution in [-0.4, -0.2) is 20.3 Å². The zero-order valence-electron chi connectivity index (χ0n) is 14.5. The van der Waals surface area contributed by atoms with E-state index in [0.29, 0.717) is 5.56 Å². The van der Waals surface area contributed by atoms with Crippen molar-refractivity contribution >= 4 is 34.5 Å². The zero-order valence-corrected chi connectivity index (χ0v) is 16.0. The molecule has 0 bridgehead atoms. The van der Waals surface area contributed by atoms with Gasteiger partial charge < -0.3 is 4.98 Å². The molecule has 0 radical (unpaired) electrons. The Labute approximate surface area is 170 Å². The Morgan fingerprint density at radius 2 is 2.17 bits per heavy atom. The highest BCUT2D eigenvalue weighted by Gasteiger charge is 2.36. The van der Waals surface area contributed by atoms with Crippen molar-refractivity contribution in [2.75, 3.05) is 0 Å². The van der Waals surface area contributed by atoms with Crippen LogP contribution in [0.15, 0.2) is 48.2 Å². The van der Waals surface area contributed by atoms with E-state index in [9.17, 15) is 18.0 Å². The fourth-order valence-corrected chi connectivity index (χ4v) is 3.62. The molecule has 0 fully saturated rings. The number of pyridine rings is 1. The molecule has 1 amide bonds. The number of H-pyrrole nitrogens is 1. The lowest BCUT2D eigenvalue weighted by Gasteiger charge is -2.10. The molecule has 29 heavy (non-hydrogen) atoms. The molecular formula is C18H12ClF3N4O2S. The molecule has 0 spiro atoms. The molecule has 0 aliphatic rings. The third kappa shape index (κ3) is 3.86. The second kappa shape index (κ2) is 7.54. The van der Waals surface area contributed by atoms with Crippen molar-refractivity contribution < 1.29 is 22.8 Å². The lowest BCUT2D eigenvalue weighted by Crippen LogP contribution is -2.24. The second-order valence-electron chi connectivity index (χ2n) is 5.98. The summed E-state index contributed by atoms with van der Waals surface area (Å²) in [5, 5.41) is 1.60. The van der Waals surface area contributed by atoms with Crippen LogP contribution in [-0.2, 0) is 17.6 Å². The predicted octanol–water partition coefficient (Wildman–Crippen LogP) is 4.92. The summed E-state index contributed by atoms with van der Waals surface area (Å²) in [6, 6.07) is 6.23. The SMILES string of the molecule is O=C(NOCc1cccs1)c1nc2c(C(F)(F)F)cc(-c3cc[nH]c3)cn2c1Cl. The highest BCUT2D eigenvalue weighted by Crippen LogP contribution is 2.36. The Morgan fingerprint density at radius 3 is 2.83 bits per heavy atom. The smallest absolute Gasteiger partial charge is 0.367 e. The number of hydroxylamine groups is 1. The summed E-state index contributed by atoms with van der Waals surface area (Å²) in [5.74, 6) is -0.841. The van der Waals surface area contributed by atoms with Crippen molar-refractivity contribution in [1.82, 2.24) is 19.8 Å². The molecule has 0 aromatic carbocycles. The van der Waals surface area contributed by atoms with Crippen molar-refractivity contribution in [2.45, 2.75) is 12.8 Å². The maximum Gasteiger partial charge on any atom is 0.420 e. The molecule has 0 saturated heterocycles. The Kier molecular flexibility index (Phi) is 5.07. The van der Waals surface area contributed by atoms with Gasteiger partial charge in [-0.15, -0.1) is 11.3 Å². The van der Waals surface area contributed by atoms with Crippen LogP contribution >= 0.6 is 22.9 Å². The van der Waals surface area contributed by atoms with E-state index in [-0.39, 0.29) is 23.0 Å². The van der Waals surface area contributed by atoms with E-state index in [0.717, 1.165) is 15.3 Å². The van der Waals surface area contributed by atoms with Gasteiger partial charge in [0, 0.05) is 34.6 Å². The summed E-state index contributed by atoms with van der Waals surface area (Å²) in [4.78, 5) is 24.9. The lowest BCUT2D eigenvalue weighted by molar-refractivity contribution is -0.136. The number of halogens is 4. The minimum Gasteiger partial charge on any atom is -0.367 e. The second-order valence-corrected chi connectivity index (χ2v) is 7.37. The topological polar surface area (TPSA) is 71.4 Å². The van der Waals surface area contributed by atoms with Gasteiger partial charge in [-0.05, 0) is 23.6 Å². The van der Waals surface area contributed by atoms with Gasteiger partial charge in [0.25, 0.3) is 5.91 Å². The van der Waals surface area contributed by atoms with E-state index in [2.05, 4.69) is 15.4 Å². The van der Waals surface area contributed by atoms with E-state index >= 15 is 0 Å². The summed E-state index contributed by atoms with van der Waals surface area (Å²) < 4.78 is 41.9. The summed E-state index contributed by atoms with van der Waals surface area (Å²) in [5.41, 5.74) is 1.13. The van der Waals surface area contributed by atoms with E-state index in [1.54, 1.807) is 18.5 Å². The average Bonchev–Trinajstić information content (AvgIpc) is 3.42. The third-order valence-electron chi connectivity index (χ3n) is 4.07. The molecule has 0 atom stereocenters. The fraction of sp³-hybridized carbons (Fsp3) is 0.111. The van der Waals surface area contributed by atoms with Gasteiger partial charge in [-0.1, -0.05) is 17.7 Å². The van der Waals surface area contributed by atoms with Crippen molar-refractivity contribution in [3.8, 4) is 11.1 Å². The van der Waals surface area contributed by atoms with Gasteiger partial charge in [0.15, 0.2) is 11.3 Å². The molecule has 0 saturated carbocycles. The summed E-state index contributed by atoms with van der Waals surface area (Å²) >= 11 is 7.63. The number of alkyl halides is 3. The number of amides is 1. The molecule has 11 heteroatoms. The van der Waals surface area contributed by atoms with Gasteiger partial charge in [-0.3, -0.25) is 14.0 Å². The zero-order chi connectivity index (χ0) is 20.6. The number of aromatic amines is 1. The van der Waals surface area contributed by atoms with Crippen molar-refractivity contribution in [2.24, 2.45) is 0 Å². The van der Waals surface area contributed by atoms with Gasteiger partial charge in [0.05, 0.1) is 5.56 Å². The minimum absolute atomic E-state index is 0.111. The standard InChI is InChI=1S/C18H12ClF3N4O2S/c19-15-14(17(27)25-28-9-12-2-1-5-29-12)24-16-13(18(20,21)22)6-11(8-26(15)16)10-3-4-23-7-10/h1-8,23H,9H2,(H,25,27). The molecule has 4 aromatic heterocycles. The monoisotopic (exact) mass is 440 g/mol. The summed E-state index contributed by atoms with van der Waals surface area (Å²) in [6.45, 7) is 0.111. The Morgan fingerprint density at radius 1 is 1.34 bits per heavy atom. The lowest BCUT2D eigenvalue weighted by atomic mass is 10.1. The number of carbonyl (C=O) groups is 1. The number of nitrogens with zero attached hydrogens (tertiary/aromatic N) is 2. The van der Waals surface area contributed by atoms with Crippen LogP contribution in [0.2, 0.25) is 5.15 Å². The molecular weight excluding hydrogens is 429 g/mol. The third-order valence-corrected chi connectivity index (χ3v) is 5.28. The molecule has 0 aliphatic heterocycles. The first-order valence-corrected chi connectivity index (χ1v) is 9.47. The Balaban J connectivity index is 1.70. The molecule has 0 aliphatic carbocycles. The van der Waals surface area contributed by atoms with E-state index in [1.165, 1.54) is 17.5 Å². The number of thiophene rings is 1. The average molecular weight is 441 g/mol. The highest BCUT2D eigenvalue weighted by molar-refractivity contribution is 7.09. The van der Waals surface area contributed by atoms with E-state index in [1.807, 2.05) is 17.5 Å². The van der Waals surface area contributed by atoms with Gasteiger partial charge in [0.2, 0.25) is 0 Å². The molecule has 6 nitrogen and oxygen atoms in total. The summed E-state index contributed by atoms with van der Waals surface area (Å²) in [6.07, 6.45) is -0.150. The first kappa shape index (κ1) is 19.5. The van der Waals surface area contributed by atoms with Crippen LogP contribution in [0, 0.1) is 0 Å². The minimum atomic E-state index is -4.69. The largest absolute Gasteiger partial charge is 0.420 e. The number of fused-ring (bicyclic) bond motifs is 1. The molecule has 2 N–H and O–H groups in total. The number of carbonyl (C=O) groups excluding carboxylic acids is 1. The molecule has 4 aromatic rings. The normalized spacial score (nSPS) is 11.9. The highest BCUT2D eigenvalue weighted by atomic mass is 35.5. The maximum atomic E-state index is 13.6. The maximum absolute atomic E-state index is 13.6. The van der Waals surface area contributed by atoms with Crippen LogP contribution in [0.3, 0.4) is 0 Å². The first-order valence-electron chi connectivity index (χ1n) is 8.21. The number of nitrogens with one attached hydrogen (secondary N) is 2. The van der Waals surface area contributed by atoms with Crippen LogP contribution < -0.4 is 5.48 Å². The molecule has 4 rings (SSSR count). The number of aromatic nitrogens is 3. The first-order chi connectivity index (χ1) is 13.8. The van der Waals surface area contributed by atoms with Crippen LogP contribution in [0.5, 0.6) is 0 Å². The van der Waals surface area contributed by atoms with Crippen LogP contribution in [0.4, 0.5) is 13.2 Å². The summed E-state index contributed by atoms with van der Waals surface area (Å²) in [7, 11) is 0. The van der Waals surface area contributed by atoms with Gasteiger partial charge in [-0.2, -0.15) is 13.2 Å². The Bertz CT molecular complexity index is 1150. The Hall–Kier alpha value is -2.82. The van der Waals surface area contributed by atoms with Crippen molar-refractivity contribution in [3.05, 3.63) is 69.5 Å². The molecule has 0 unspecified atom stereocenters. The van der Waals surface area contributed by atoms with Crippen LogP contribution in [0.1, 0.15) is 20.9 Å². The van der Waals surface area contributed by atoms with Crippen molar-refractivity contribution in [1.29, 1.82) is 0 Å².